The highest BCUT2D eigenvalue weighted by Crippen LogP contribution is 2.20. The summed E-state index contributed by atoms with van der Waals surface area (Å²) >= 11 is 0. The monoisotopic (exact) mass is 312 g/mol. The zero-order chi connectivity index (χ0) is 16.7. The summed E-state index contributed by atoms with van der Waals surface area (Å²) in [6, 6.07) is 13.8. The fourth-order valence-corrected chi connectivity index (χ4v) is 2.25. The Labute approximate surface area is 137 Å². The Morgan fingerprint density at radius 2 is 1.70 bits per heavy atom. The van der Waals surface area contributed by atoms with Crippen molar-refractivity contribution in [3.63, 3.8) is 0 Å². The molecule has 0 fully saturated rings. The van der Waals surface area contributed by atoms with Crippen LogP contribution in [0.4, 0.5) is 4.79 Å². The fourth-order valence-electron chi connectivity index (χ4n) is 2.25. The molecule has 0 aliphatic heterocycles. The van der Waals surface area contributed by atoms with Crippen LogP contribution in [0, 0.1) is 20.8 Å². The number of aryl methyl sites for hydroxylation is 2. The Morgan fingerprint density at radius 1 is 0.957 bits per heavy atom. The van der Waals surface area contributed by atoms with Crippen molar-refractivity contribution < 1.29 is 9.53 Å². The molecule has 0 unspecified atom stereocenters. The van der Waals surface area contributed by atoms with Crippen LogP contribution in [0.1, 0.15) is 22.3 Å². The summed E-state index contributed by atoms with van der Waals surface area (Å²) in [6.07, 6.45) is 0. The fraction of sp³-hybridized carbons (Fsp3) is 0.316. The topological polar surface area (TPSA) is 50.4 Å². The van der Waals surface area contributed by atoms with E-state index in [0.717, 1.165) is 16.9 Å². The van der Waals surface area contributed by atoms with Gasteiger partial charge in [0.1, 0.15) is 12.4 Å². The highest BCUT2D eigenvalue weighted by molar-refractivity contribution is 5.73. The number of urea groups is 1. The largest absolute Gasteiger partial charge is 0.491 e. The van der Waals surface area contributed by atoms with E-state index in [0.29, 0.717) is 19.7 Å². The molecule has 0 atom stereocenters. The van der Waals surface area contributed by atoms with Gasteiger partial charge in [-0.1, -0.05) is 36.4 Å². The smallest absolute Gasteiger partial charge is 0.315 e. The van der Waals surface area contributed by atoms with E-state index in [2.05, 4.69) is 23.6 Å². The molecule has 0 aliphatic rings. The summed E-state index contributed by atoms with van der Waals surface area (Å²) in [5.41, 5.74) is 4.63. The predicted molar refractivity (Wildman–Crippen MR) is 92.8 cm³/mol. The van der Waals surface area contributed by atoms with Gasteiger partial charge in [-0.05, 0) is 49.1 Å². The molecule has 2 N–H and O–H groups in total. The van der Waals surface area contributed by atoms with Gasteiger partial charge in [0.05, 0.1) is 6.54 Å². The van der Waals surface area contributed by atoms with Gasteiger partial charge in [-0.3, -0.25) is 0 Å². The number of hydrogen-bond acceptors (Lipinski definition) is 2. The van der Waals surface area contributed by atoms with Crippen molar-refractivity contribution in [2.45, 2.75) is 27.3 Å². The van der Waals surface area contributed by atoms with Crippen molar-refractivity contribution in [2.24, 2.45) is 0 Å². The molecule has 2 amide bonds. The number of benzene rings is 2. The van der Waals surface area contributed by atoms with Crippen LogP contribution < -0.4 is 15.4 Å². The average molecular weight is 312 g/mol. The lowest BCUT2D eigenvalue weighted by molar-refractivity contribution is 0.236. The minimum Gasteiger partial charge on any atom is -0.491 e. The molecule has 23 heavy (non-hydrogen) atoms. The van der Waals surface area contributed by atoms with Crippen LogP contribution in [-0.2, 0) is 6.54 Å². The van der Waals surface area contributed by atoms with Crippen LogP contribution in [-0.4, -0.2) is 19.2 Å². The highest BCUT2D eigenvalue weighted by atomic mass is 16.5. The van der Waals surface area contributed by atoms with Gasteiger partial charge in [0.25, 0.3) is 0 Å². The molecule has 0 aliphatic carbocycles. The maximum atomic E-state index is 11.8. The highest BCUT2D eigenvalue weighted by Gasteiger charge is 2.03. The molecular formula is C19H24N2O2. The molecule has 2 aromatic carbocycles. The van der Waals surface area contributed by atoms with Crippen molar-refractivity contribution in [2.75, 3.05) is 13.2 Å². The molecule has 0 heterocycles. The van der Waals surface area contributed by atoms with E-state index in [1.807, 2.05) is 50.2 Å². The molecule has 4 nitrogen and oxygen atoms in total. The summed E-state index contributed by atoms with van der Waals surface area (Å²) in [4.78, 5) is 11.8. The molecule has 4 heteroatoms. The average Bonchev–Trinajstić information content (AvgIpc) is 2.54. The van der Waals surface area contributed by atoms with Crippen molar-refractivity contribution in [1.82, 2.24) is 10.6 Å². The third-order valence-corrected chi connectivity index (χ3v) is 3.90. The number of amides is 2. The first-order valence-electron chi connectivity index (χ1n) is 7.83. The molecule has 122 valence electrons. The minimum absolute atomic E-state index is 0.183. The van der Waals surface area contributed by atoms with Crippen molar-refractivity contribution in [3.8, 4) is 5.75 Å². The zero-order valence-electron chi connectivity index (χ0n) is 14.0. The van der Waals surface area contributed by atoms with E-state index in [1.54, 1.807) is 0 Å². The number of nitrogens with one attached hydrogen (secondary N) is 2. The second kappa shape index (κ2) is 8.22. The normalized spacial score (nSPS) is 10.2. The molecule has 0 bridgehead atoms. The minimum atomic E-state index is -0.183. The zero-order valence-corrected chi connectivity index (χ0v) is 14.0. The molecule has 0 saturated carbocycles. The summed E-state index contributed by atoms with van der Waals surface area (Å²) in [6.45, 7) is 7.56. The summed E-state index contributed by atoms with van der Waals surface area (Å²) in [5.74, 6) is 0.868. The second-order valence-electron chi connectivity index (χ2n) is 5.58. The van der Waals surface area contributed by atoms with Gasteiger partial charge in [-0.25, -0.2) is 4.79 Å². The third-order valence-electron chi connectivity index (χ3n) is 3.90. The SMILES string of the molecule is Cc1ccccc1CNC(=O)NCCOc1cccc(C)c1C. The quantitative estimate of drug-likeness (QED) is 0.802. The molecule has 0 spiro atoms. The van der Waals surface area contributed by atoms with E-state index in [9.17, 15) is 4.79 Å². The second-order valence-corrected chi connectivity index (χ2v) is 5.58. The molecule has 0 radical (unpaired) electrons. The maximum Gasteiger partial charge on any atom is 0.315 e. The van der Waals surface area contributed by atoms with E-state index in [4.69, 9.17) is 4.74 Å². The van der Waals surface area contributed by atoms with Gasteiger partial charge in [0.2, 0.25) is 0 Å². The Hall–Kier alpha value is -2.49. The van der Waals surface area contributed by atoms with Gasteiger partial charge in [-0.15, -0.1) is 0 Å². The number of rotatable bonds is 6. The maximum absolute atomic E-state index is 11.8. The van der Waals surface area contributed by atoms with Crippen molar-refractivity contribution >= 4 is 6.03 Å². The summed E-state index contributed by atoms with van der Waals surface area (Å²) < 4.78 is 5.71. The molecule has 2 rings (SSSR count). The first kappa shape index (κ1) is 16.9. The summed E-state index contributed by atoms with van der Waals surface area (Å²) in [7, 11) is 0. The van der Waals surface area contributed by atoms with Gasteiger partial charge in [0.15, 0.2) is 0 Å². The standard InChI is InChI=1S/C19H24N2O2/c1-14-8-6-10-18(16(14)3)23-12-11-20-19(22)21-13-17-9-5-4-7-15(17)2/h4-10H,11-13H2,1-3H3,(H2,20,21,22). The van der Waals surface area contributed by atoms with Crippen molar-refractivity contribution in [3.05, 3.63) is 64.7 Å². The lowest BCUT2D eigenvalue weighted by Gasteiger charge is -2.12. The summed E-state index contributed by atoms with van der Waals surface area (Å²) in [5, 5.41) is 5.65. The van der Waals surface area contributed by atoms with E-state index in [1.165, 1.54) is 11.1 Å². The van der Waals surface area contributed by atoms with Gasteiger partial charge in [-0.2, -0.15) is 0 Å². The van der Waals surface area contributed by atoms with E-state index < -0.39 is 0 Å². The number of carbonyl (C=O) groups excluding carboxylic acids is 1. The van der Waals surface area contributed by atoms with Crippen LogP contribution in [0.2, 0.25) is 0 Å². The Balaban J connectivity index is 1.69. The molecule has 0 saturated heterocycles. The molecular weight excluding hydrogens is 288 g/mol. The van der Waals surface area contributed by atoms with E-state index in [-0.39, 0.29) is 6.03 Å². The first-order chi connectivity index (χ1) is 11.1. The van der Waals surface area contributed by atoms with Crippen LogP contribution in [0.5, 0.6) is 5.75 Å². The predicted octanol–water partition coefficient (Wildman–Crippen LogP) is 3.49. The lowest BCUT2D eigenvalue weighted by atomic mass is 10.1. The Morgan fingerprint density at radius 3 is 2.48 bits per heavy atom. The molecule has 0 aromatic heterocycles. The van der Waals surface area contributed by atoms with Crippen LogP contribution in [0.25, 0.3) is 0 Å². The number of hydrogen-bond donors (Lipinski definition) is 2. The number of ether oxygens (including phenoxy) is 1. The number of carbonyl (C=O) groups is 1. The third kappa shape index (κ3) is 5.02. The molecule has 2 aromatic rings. The first-order valence-corrected chi connectivity index (χ1v) is 7.83. The Kier molecular flexibility index (Phi) is 6.03. The van der Waals surface area contributed by atoms with Crippen LogP contribution in [0.3, 0.4) is 0 Å². The van der Waals surface area contributed by atoms with Crippen LogP contribution in [0.15, 0.2) is 42.5 Å². The lowest BCUT2D eigenvalue weighted by Crippen LogP contribution is -2.37. The van der Waals surface area contributed by atoms with Crippen LogP contribution >= 0.6 is 0 Å². The van der Waals surface area contributed by atoms with E-state index >= 15 is 0 Å². The Bertz CT molecular complexity index is 668. The van der Waals surface area contributed by atoms with Gasteiger partial charge < -0.3 is 15.4 Å². The van der Waals surface area contributed by atoms with Gasteiger partial charge in [0, 0.05) is 6.54 Å². The van der Waals surface area contributed by atoms with Crippen molar-refractivity contribution in [1.29, 1.82) is 0 Å². The van der Waals surface area contributed by atoms with Gasteiger partial charge >= 0.3 is 6.03 Å².